The van der Waals surface area contributed by atoms with Crippen LogP contribution in [0.1, 0.15) is 19.3 Å². The molecule has 20 heavy (non-hydrogen) atoms. The van der Waals surface area contributed by atoms with Crippen molar-refractivity contribution in [3.8, 4) is 0 Å². The van der Waals surface area contributed by atoms with Gasteiger partial charge in [-0.25, -0.2) is 0 Å². The Hall–Kier alpha value is -1.08. The molecule has 1 aromatic heterocycles. The summed E-state index contributed by atoms with van der Waals surface area (Å²) in [4.78, 5) is 18.0. The number of rotatable bonds is 6. The summed E-state index contributed by atoms with van der Waals surface area (Å²) >= 11 is 1.69. The zero-order valence-electron chi connectivity index (χ0n) is 12.6. The summed E-state index contributed by atoms with van der Waals surface area (Å²) in [7, 11) is 6.00. The van der Waals surface area contributed by atoms with E-state index in [0.29, 0.717) is 5.95 Å². The van der Waals surface area contributed by atoms with Crippen LogP contribution in [0.5, 0.6) is 0 Å². The van der Waals surface area contributed by atoms with E-state index in [1.54, 1.807) is 11.8 Å². The highest BCUT2D eigenvalue weighted by Crippen LogP contribution is 2.21. The Morgan fingerprint density at radius 3 is 2.55 bits per heavy atom. The van der Waals surface area contributed by atoms with Crippen LogP contribution in [0.4, 0.5) is 11.9 Å². The molecule has 0 aromatic carbocycles. The Bertz CT molecular complexity index is 419. The van der Waals surface area contributed by atoms with Gasteiger partial charge in [0.15, 0.2) is 5.16 Å². The van der Waals surface area contributed by atoms with Crippen LogP contribution in [0.15, 0.2) is 5.16 Å². The third-order valence-electron chi connectivity index (χ3n) is 3.24. The number of hydrogen-bond donors (Lipinski definition) is 1. The van der Waals surface area contributed by atoms with Crippen LogP contribution >= 0.6 is 11.8 Å². The quantitative estimate of drug-likeness (QED) is 0.799. The molecule has 2 heterocycles. The fourth-order valence-corrected chi connectivity index (χ4v) is 3.01. The van der Waals surface area contributed by atoms with Crippen molar-refractivity contribution in [3.63, 3.8) is 0 Å². The van der Waals surface area contributed by atoms with Gasteiger partial charge in [0.25, 0.3) is 0 Å². The van der Waals surface area contributed by atoms with Crippen molar-refractivity contribution in [3.05, 3.63) is 0 Å². The molecule has 0 saturated carbocycles. The van der Waals surface area contributed by atoms with E-state index in [-0.39, 0.29) is 0 Å². The molecule has 1 saturated heterocycles. The van der Waals surface area contributed by atoms with Crippen molar-refractivity contribution in [1.29, 1.82) is 0 Å². The van der Waals surface area contributed by atoms with E-state index < -0.39 is 0 Å². The molecule has 1 aliphatic rings. The van der Waals surface area contributed by atoms with Gasteiger partial charge in [-0.05, 0) is 33.4 Å². The first-order valence-corrected chi connectivity index (χ1v) is 8.14. The van der Waals surface area contributed by atoms with Crippen molar-refractivity contribution in [2.45, 2.75) is 24.4 Å². The molecule has 0 bridgehead atoms. The summed E-state index contributed by atoms with van der Waals surface area (Å²) in [6, 6.07) is 0. The summed E-state index contributed by atoms with van der Waals surface area (Å²) in [5.74, 6) is 2.46. The third kappa shape index (κ3) is 4.49. The lowest BCUT2D eigenvalue weighted by Gasteiger charge is -2.26. The van der Waals surface area contributed by atoms with Gasteiger partial charge in [-0.1, -0.05) is 11.8 Å². The molecule has 1 aromatic rings. The molecule has 2 rings (SSSR count). The molecular formula is C13H24N6S. The van der Waals surface area contributed by atoms with Crippen molar-refractivity contribution in [2.75, 3.05) is 56.7 Å². The number of thioether (sulfide) groups is 1. The largest absolute Gasteiger partial charge is 0.357 e. The fourth-order valence-electron chi connectivity index (χ4n) is 2.08. The van der Waals surface area contributed by atoms with E-state index in [2.05, 4.69) is 44.2 Å². The average Bonchev–Trinajstić information content (AvgIpc) is 2.47. The van der Waals surface area contributed by atoms with Crippen LogP contribution < -0.4 is 10.2 Å². The van der Waals surface area contributed by atoms with Crippen LogP contribution in [-0.2, 0) is 0 Å². The van der Waals surface area contributed by atoms with Crippen molar-refractivity contribution < 1.29 is 0 Å². The Balaban J connectivity index is 2.06. The van der Waals surface area contributed by atoms with E-state index in [4.69, 9.17) is 0 Å². The second-order valence-corrected chi connectivity index (χ2v) is 6.25. The molecule has 1 N–H and O–H groups in total. The summed E-state index contributed by atoms with van der Waals surface area (Å²) in [6.45, 7) is 3.12. The predicted octanol–water partition coefficient (Wildman–Crippen LogP) is 1.56. The van der Waals surface area contributed by atoms with Crippen LogP contribution in [0, 0.1) is 0 Å². The lowest BCUT2D eigenvalue weighted by atomic mass is 10.1. The molecule has 0 atom stereocenters. The first-order chi connectivity index (χ1) is 9.69. The summed E-state index contributed by atoms with van der Waals surface area (Å²) in [6.07, 6.45) is 3.76. The SMILES string of the molecule is CNc1nc(SCCN(C)C)nc(N2CCCCC2)n1. The van der Waals surface area contributed by atoms with Crippen LogP contribution in [0.3, 0.4) is 0 Å². The standard InChI is InChI=1S/C13H24N6S/c1-14-11-15-12(19-7-5-4-6-8-19)17-13(16-11)20-10-9-18(2)3/h4-10H2,1-3H3,(H,14,15,16,17). The highest BCUT2D eigenvalue weighted by Gasteiger charge is 2.16. The molecule has 112 valence electrons. The lowest BCUT2D eigenvalue weighted by molar-refractivity contribution is 0.437. The van der Waals surface area contributed by atoms with Gasteiger partial charge in [0, 0.05) is 32.4 Å². The molecule has 0 radical (unpaired) electrons. The molecular weight excluding hydrogens is 272 g/mol. The van der Waals surface area contributed by atoms with Gasteiger partial charge in [-0.2, -0.15) is 15.0 Å². The summed E-state index contributed by atoms with van der Waals surface area (Å²) in [5.41, 5.74) is 0. The van der Waals surface area contributed by atoms with Gasteiger partial charge in [-0.15, -0.1) is 0 Å². The molecule has 1 fully saturated rings. The van der Waals surface area contributed by atoms with E-state index in [1.807, 2.05) is 7.05 Å². The summed E-state index contributed by atoms with van der Waals surface area (Å²) < 4.78 is 0. The predicted molar refractivity (Wildman–Crippen MR) is 84.7 cm³/mol. The first-order valence-electron chi connectivity index (χ1n) is 7.15. The number of piperidine rings is 1. The zero-order valence-corrected chi connectivity index (χ0v) is 13.4. The Morgan fingerprint density at radius 2 is 1.90 bits per heavy atom. The molecule has 7 heteroatoms. The van der Waals surface area contributed by atoms with Crippen molar-refractivity contribution >= 4 is 23.7 Å². The number of nitrogens with one attached hydrogen (secondary N) is 1. The lowest BCUT2D eigenvalue weighted by Crippen LogP contribution is -2.31. The normalized spacial score (nSPS) is 15.7. The molecule has 0 spiro atoms. The van der Waals surface area contributed by atoms with Gasteiger partial charge in [0.05, 0.1) is 0 Å². The van der Waals surface area contributed by atoms with Crippen molar-refractivity contribution in [2.24, 2.45) is 0 Å². The minimum Gasteiger partial charge on any atom is -0.357 e. The monoisotopic (exact) mass is 296 g/mol. The number of nitrogens with zero attached hydrogens (tertiary/aromatic N) is 5. The number of anilines is 2. The van der Waals surface area contributed by atoms with E-state index in [1.165, 1.54) is 19.3 Å². The smallest absolute Gasteiger partial charge is 0.231 e. The third-order valence-corrected chi connectivity index (χ3v) is 4.06. The van der Waals surface area contributed by atoms with Gasteiger partial charge < -0.3 is 15.1 Å². The van der Waals surface area contributed by atoms with Crippen molar-refractivity contribution in [1.82, 2.24) is 19.9 Å². The van der Waals surface area contributed by atoms with Crippen LogP contribution in [0.2, 0.25) is 0 Å². The maximum absolute atomic E-state index is 4.61. The Labute approximate surface area is 125 Å². The van der Waals surface area contributed by atoms with E-state index in [9.17, 15) is 0 Å². The Kier molecular flexibility index (Phi) is 5.85. The van der Waals surface area contributed by atoms with Gasteiger partial charge in [0.1, 0.15) is 0 Å². The fraction of sp³-hybridized carbons (Fsp3) is 0.769. The summed E-state index contributed by atoms with van der Waals surface area (Å²) in [5, 5.41) is 3.85. The van der Waals surface area contributed by atoms with Crippen LogP contribution in [0.25, 0.3) is 0 Å². The minimum absolute atomic E-state index is 0.660. The van der Waals surface area contributed by atoms with Crippen LogP contribution in [-0.4, -0.2) is 66.4 Å². The second-order valence-electron chi connectivity index (χ2n) is 5.19. The van der Waals surface area contributed by atoms with E-state index in [0.717, 1.165) is 36.5 Å². The molecule has 1 aliphatic heterocycles. The molecule has 0 unspecified atom stereocenters. The van der Waals surface area contributed by atoms with Gasteiger partial charge >= 0.3 is 0 Å². The van der Waals surface area contributed by atoms with Gasteiger partial charge in [0.2, 0.25) is 11.9 Å². The van der Waals surface area contributed by atoms with Gasteiger partial charge in [-0.3, -0.25) is 0 Å². The molecule has 0 aliphatic carbocycles. The molecule has 0 amide bonds. The average molecular weight is 296 g/mol. The minimum atomic E-state index is 0.660. The topological polar surface area (TPSA) is 57.2 Å². The maximum atomic E-state index is 4.61. The highest BCUT2D eigenvalue weighted by molar-refractivity contribution is 7.99. The molecule has 6 nitrogen and oxygen atoms in total. The second kappa shape index (κ2) is 7.64. The zero-order chi connectivity index (χ0) is 14.4. The number of hydrogen-bond acceptors (Lipinski definition) is 7. The Morgan fingerprint density at radius 1 is 1.15 bits per heavy atom. The number of aromatic nitrogens is 3. The van der Waals surface area contributed by atoms with E-state index >= 15 is 0 Å². The first kappa shape index (κ1) is 15.3. The highest BCUT2D eigenvalue weighted by atomic mass is 32.2. The maximum Gasteiger partial charge on any atom is 0.231 e.